The lowest BCUT2D eigenvalue weighted by atomic mass is 9.74. The number of rotatable bonds is 12. The van der Waals surface area contributed by atoms with E-state index in [0.29, 0.717) is 33.4 Å². The van der Waals surface area contributed by atoms with Gasteiger partial charge >= 0.3 is 24.7 Å². The van der Waals surface area contributed by atoms with Gasteiger partial charge in [0, 0.05) is 50.5 Å². The summed E-state index contributed by atoms with van der Waals surface area (Å²) in [7, 11) is -1.20. The third kappa shape index (κ3) is 18.6. The molecule has 0 unspecified atom stereocenters. The molecule has 4 aliphatic rings. The molecule has 12 rings (SSSR count). The molecule has 20 nitrogen and oxygen atoms in total. The van der Waals surface area contributed by atoms with Crippen LogP contribution >= 0.6 is 23.5 Å². The van der Waals surface area contributed by atoms with E-state index in [1.165, 1.54) is 123 Å². The van der Waals surface area contributed by atoms with E-state index in [1.807, 2.05) is 61.0 Å². The van der Waals surface area contributed by atoms with Crippen molar-refractivity contribution in [2.24, 2.45) is 42.9 Å². The molecule has 0 spiro atoms. The molecule has 616 valence electrons. The predicted octanol–water partition coefficient (Wildman–Crippen LogP) is 14.2. The van der Waals surface area contributed by atoms with Crippen molar-refractivity contribution in [1.82, 2.24) is 19.6 Å². The zero-order valence-corrected chi connectivity index (χ0v) is 67.4. The van der Waals surface area contributed by atoms with Gasteiger partial charge in [0.2, 0.25) is 23.6 Å². The molecule has 4 aliphatic heterocycles. The average Bonchev–Trinajstić information content (AvgIpc) is 0.760. The number of aliphatic imine (C=N–C) groups is 4. The van der Waals surface area contributed by atoms with Crippen LogP contribution in [0.15, 0.2) is 234 Å². The van der Waals surface area contributed by atoms with Gasteiger partial charge in [0.1, 0.15) is 22.2 Å². The smallest absolute Gasteiger partial charge is 0.369 e. The molecule has 116 heavy (non-hydrogen) atoms. The fraction of sp³-hybridized carbons (Fsp3) is 0.300. The molecule has 8 atom stereocenters. The van der Waals surface area contributed by atoms with Crippen LogP contribution in [-0.4, -0.2) is 137 Å². The molecule has 0 fully saturated rings. The highest BCUT2D eigenvalue weighted by Crippen LogP contribution is 2.50. The molecule has 0 saturated carbocycles. The van der Waals surface area contributed by atoms with Crippen molar-refractivity contribution in [3.05, 3.63) is 261 Å². The fourth-order valence-corrected chi connectivity index (χ4v) is 16.2. The number of hydrogen-bond acceptors (Lipinski definition) is 18. The van der Waals surface area contributed by atoms with Crippen LogP contribution < -0.4 is 22.9 Å². The van der Waals surface area contributed by atoms with E-state index < -0.39 is 124 Å². The van der Waals surface area contributed by atoms with Crippen molar-refractivity contribution in [1.29, 1.82) is 0 Å². The highest BCUT2D eigenvalue weighted by molar-refractivity contribution is 7.98. The fourth-order valence-electron chi connectivity index (χ4n) is 13.9. The van der Waals surface area contributed by atoms with Gasteiger partial charge in [0.15, 0.2) is 43.5 Å². The first-order valence-electron chi connectivity index (χ1n) is 34.8. The molecule has 8 aromatic carbocycles. The minimum absolute atomic E-state index is 0.0348. The summed E-state index contributed by atoms with van der Waals surface area (Å²) in [6, 6.07) is 44.9. The highest BCUT2D eigenvalue weighted by atomic mass is 32.2. The number of amides is 4. The summed E-state index contributed by atoms with van der Waals surface area (Å²) in [5, 5.41) is 0. The van der Waals surface area contributed by atoms with Crippen LogP contribution in [-0.2, 0) is 85.7 Å². The maximum absolute atomic E-state index is 13.1. The number of benzene rings is 8. The molecule has 0 bridgehead atoms. The Morgan fingerprint density at radius 3 is 0.698 bits per heavy atom. The SMILES string of the molecule is CN1C(=O)[C@@H](c2ccc(C(F)(F)F)cc2)[C@@](C)(c2cccc(S(C)(=O)=O)c2)N=C1N.CN1C(=O)[C@H](c2ccc(C(F)(F)F)cc2)[C@@](C)(c2cccc(S(C)(=O)=O)c2)N=C1N.CSc1cccc([C@@]2(C)N=C(N)N(C)C(=O)[C@@H]2c2ccc(C(F)(F)F)cc2)c1.CSc1cccc([C@@]2(C)N=C(N)N(C)C(=O)[C@H]2c2ccc(C(F)(F)F)cc2)c1. The van der Waals surface area contributed by atoms with E-state index in [0.717, 1.165) is 91.8 Å². The Bertz CT molecular complexity index is 5110. The second kappa shape index (κ2) is 33.1. The van der Waals surface area contributed by atoms with Gasteiger partial charge in [-0.3, -0.25) is 38.8 Å². The molecule has 36 heteroatoms. The monoisotopic (exact) mass is 1690 g/mol. The molecule has 4 amide bonds. The summed E-state index contributed by atoms with van der Waals surface area (Å²) in [6.07, 6.45) is -11.9. The number of hydrogen-bond donors (Lipinski definition) is 4. The van der Waals surface area contributed by atoms with Crippen LogP contribution in [0.4, 0.5) is 52.7 Å². The number of sulfone groups is 2. The third-order valence-corrected chi connectivity index (χ3v) is 24.3. The van der Waals surface area contributed by atoms with Crippen molar-refractivity contribution >= 4 is 90.7 Å². The predicted molar refractivity (Wildman–Crippen MR) is 419 cm³/mol. The molecule has 0 aliphatic carbocycles. The minimum atomic E-state index is -4.51. The normalized spacial score (nSPS) is 22.8. The van der Waals surface area contributed by atoms with E-state index in [2.05, 4.69) is 20.0 Å². The first-order valence-corrected chi connectivity index (χ1v) is 41.0. The van der Waals surface area contributed by atoms with Crippen LogP contribution in [0, 0.1) is 0 Å². The Balaban J connectivity index is 0.000000177. The first-order chi connectivity index (χ1) is 53.6. The number of guanidine groups is 4. The molecule has 0 radical (unpaired) electrons. The van der Waals surface area contributed by atoms with E-state index in [9.17, 15) is 88.7 Å². The van der Waals surface area contributed by atoms with Gasteiger partial charge in [-0.1, -0.05) is 97.1 Å². The lowest BCUT2D eigenvalue weighted by Gasteiger charge is -2.41. The van der Waals surface area contributed by atoms with Crippen molar-refractivity contribution in [2.45, 2.75) is 118 Å². The second-order valence-electron chi connectivity index (χ2n) is 28.3. The maximum atomic E-state index is 13.1. The summed E-state index contributed by atoms with van der Waals surface area (Å²) >= 11 is 3.10. The number of nitrogens with two attached hydrogens (primary N) is 4. The number of nitrogens with zero attached hydrogens (tertiary/aromatic N) is 8. The van der Waals surface area contributed by atoms with E-state index >= 15 is 0 Å². The number of thioether (sulfide) groups is 2. The number of likely N-dealkylation sites (N-methyl/N-ethyl adjacent to an activating group) is 4. The molecule has 8 aromatic rings. The van der Waals surface area contributed by atoms with Gasteiger partial charge in [-0.05, 0) is 182 Å². The zero-order chi connectivity index (χ0) is 86.3. The topological polar surface area (TPSA) is 303 Å². The zero-order valence-electron chi connectivity index (χ0n) is 64.1. The van der Waals surface area contributed by atoms with Gasteiger partial charge in [0.05, 0.1) is 55.7 Å². The van der Waals surface area contributed by atoms with E-state index in [-0.39, 0.29) is 45.4 Å². The van der Waals surface area contributed by atoms with Crippen LogP contribution in [0.3, 0.4) is 0 Å². The largest absolute Gasteiger partial charge is 0.416 e. The number of carbonyl (C=O) groups is 4. The first kappa shape index (κ1) is 89.2. The van der Waals surface area contributed by atoms with Crippen LogP contribution in [0.1, 0.15) is 118 Å². The molecule has 4 heterocycles. The summed E-state index contributed by atoms with van der Waals surface area (Å²) in [5.74, 6) is -5.17. The Morgan fingerprint density at radius 1 is 0.328 bits per heavy atom. The average molecular weight is 1690 g/mol. The van der Waals surface area contributed by atoms with Crippen LogP contribution in [0.25, 0.3) is 0 Å². The van der Waals surface area contributed by atoms with E-state index in [1.54, 1.807) is 63.4 Å². The second-order valence-corrected chi connectivity index (χ2v) is 34.1. The summed E-state index contributed by atoms with van der Waals surface area (Å²) < 4.78 is 203. The summed E-state index contributed by atoms with van der Waals surface area (Å²) in [5.41, 5.74) is 19.7. The van der Waals surface area contributed by atoms with Crippen LogP contribution in [0.2, 0.25) is 0 Å². The maximum Gasteiger partial charge on any atom is 0.416 e. The van der Waals surface area contributed by atoms with Crippen molar-refractivity contribution in [3.8, 4) is 0 Å². The molecular formula is C80H80F12N12O8S4. The van der Waals surface area contributed by atoms with Gasteiger partial charge in [0.25, 0.3) is 0 Å². The van der Waals surface area contributed by atoms with Gasteiger partial charge < -0.3 is 22.9 Å². The third-order valence-electron chi connectivity index (χ3n) is 20.6. The Labute approximate surface area is 670 Å². The summed E-state index contributed by atoms with van der Waals surface area (Å²) in [4.78, 5) is 77.3. The van der Waals surface area contributed by atoms with Crippen molar-refractivity contribution in [2.75, 3.05) is 53.2 Å². The van der Waals surface area contributed by atoms with Gasteiger partial charge in [-0.25, -0.2) is 36.8 Å². The Hall–Kier alpha value is -10.7. The minimum Gasteiger partial charge on any atom is -0.369 e. The quantitative estimate of drug-likeness (QED) is 0.0653. The van der Waals surface area contributed by atoms with E-state index in [4.69, 9.17) is 22.9 Å². The van der Waals surface area contributed by atoms with Gasteiger partial charge in [-0.15, -0.1) is 23.5 Å². The Kier molecular flexibility index (Phi) is 25.5. The molecular weight excluding hydrogens is 1610 g/mol. The number of carbonyl (C=O) groups excluding carboxylic acids is 4. The van der Waals surface area contributed by atoms with Crippen molar-refractivity contribution < 1.29 is 88.7 Å². The highest BCUT2D eigenvalue weighted by Gasteiger charge is 2.52. The number of alkyl halides is 12. The number of halogens is 12. The Morgan fingerprint density at radius 2 is 0.517 bits per heavy atom. The van der Waals surface area contributed by atoms with Crippen molar-refractivity contribution in [3.63, 3.8) is 0 Å². The molecule has 0 saturated heterocycles. The molecule has 0 aromatic heterocycles. The van der Waals surface area contributed by atoms with Gasteiger partial charge in [-0.2, -0.15) is 52.7 Å². The summed E-state index contributed by atoms with van der Waals surface area (Å²) in [6.45, 7) is 6.78. The lowest BCUT2D eigenvalue weighted by molar-refractivity contribution is -0.138. The molecule has 8 N–H and O–H groups in total. The van der Waals surface area contributed by atoms with Crippen LogP contribution in [0.5, 0.6) is 0 Å². The standard InChI is InChI=1S/2C20H20F3N3O3S.2C20H20F3N3OS/c2*1-19(14-5-4-6-15(11-14)30(3,28)29)16(17(27)26(2)18(24)25-19)12-7-9-13(10-8-12)20(21,22)23;2*1-19(14-5-4-6-15(11-14)28-3)16(17(27)26(2)18(24)25-19)12-7-9-13(10-8-12)20(21,22)23/h2*4-11,16H,1-3H3,(H2,24,25);2*4-11,16H,1-3H3,(H2,24,25)/t16-,19+;16-,19-;16-,19+;16-,19-/m0101/s1. The lowest BCUT2D eigenvalue weighted by Crippen LogP contribution is -2.52.